The third kappa shape index (κ3) is 3.03. The van der Waals surface area contributed by atoms with E-state index >= 15 is 0 Å². The number of ether oxygens (including phenoxy) is 1. The van der Waals surface area contributed by atoms with Crippen LogP contribution < -0.4 is 0 Å². The van der Waals surface area contributed by atoms with Gasteiger partial charge < -0.3 is 4.74 Å². The summed E-state index contributed by atoms with van der Waals surface area (Å²) in [6.45, 7) is 0. The van der Waals surface area contributed by atoms with E-state index in [1.165, 1.54) is 7.11 Å². The normalized spacial score (nSPS) is 11.1. The van der Waals surface area contributed by atoms with E-state index in [9.17, 15) is 4.79 Å². The molecule has 0 amide bonds. The highest BCUT2D eigenvalue weighted by molar-refractivity contribution is 9.12. The molecule has 0 atom stereocenters. The van der Waals surface area contributed by atoms with E-state index in [-0.39, 0.29) is 5.97 Å². The maximum atomic E-state index is 11.1. The maximum absolute atomic E-state index is 11.1. The quantitative estimate of drug-likeness (QED) is 0.595. The van der Waals surface area contributed by atoms with E-state index < -0.39 is 0 Å². The summed E-state index contributed by atoms with van der Waals surface area (Å²) in [7, 11) is 6.79. The molecule has 70 valence electrons. The number of rotatable bonds is 2. The number of carbonyl (C=O) groups is 1. The lowest BCUT2D eigenvalue weighted by Gasteiger charge is -1.99. The van der Waals surface area contributed by atoms with Gasteiger partial charge in [0.1, 0.15) is 7.85 Å². The Morgan fingerprint density at radius 2 is 2.00 bits per heavy atom. The molecule has 1 rings (SSSR count). The van der Waals surface area contributed by atoms with Crippen LogP contribution in [0.15, 0.2) is 28.6 Å². The molecule has 0 spiro atoms. The van der Waals surface area contributed by atoms with Crippen LogP contribution in [-0.2, 0) is 4.74 Å². The first-order chi connectivity index (χ1) is 6.63. The molecule has 0 heterocycles. The number of halogens is 1. The van der Waals surface area contributed by atoms with Crippen LogP contribution >= 0.6 is 15.9 Å². The highest BCUT2D eigenvalue weighted by Gasteiger charge is 2.02. The summed E-state index contributed by atoms with van der Waals surface area (Å²) in [5, 5.41) is 0. The lowest BCUT2D eigenvalue weighted by Crippen LogP contribution is -2.00. The van der Waals surface area contributed by atoms with Gasteiger partial charge in [0.05, 0.1) is 12.7 Å². The minimum absolute atomic E-state index is 0.340. The van der Waals surface area contributed by atoms with E-state index in [0.29, 0.717) is 9.95 Å². The van der Waals surface area contributed by atoms with Gasteiger partial charge >= 0.3 is 5.97 Å². The number of benzene rings is 1. The molecule has 1 aromatic carbocycles. The fourth-order valence-corrected chi connectivity index (χ4v) is 1.26. The highest BCUT2D eigenvalue weighted by Crippen LogP contribution is 2.11. The molecule has 0 aliphatic heterocycles. The zero-order chi connectivity index (χ0) is 10.6. The van der Waals surface area contributed by atoms with E-state index in [1.54, 1.807) is 30.3 Å². The Balaban J connectivity index is 2.89. The largest absolute Gasteiger partial charge is 0.465 e. The Hall–Kier alpha value is -1.03. The molecule has 0 unspecified atom stereocenters. The van der Waals surface area contributed by atoms with Gasteiger partial charge in [-0.05, 0) is 17.7 Å². The molecular formula is C10H8BBrO2. The van der Waals surface area contributed by atoms with Crippen molar-refractivity contribution < 1.29 is 9.53 Å². The van der Waals surface area contributed by atoms with Crippen LogP contribution in [0, 0.1) is 0 Å². The lowest BCUT2D eigenvalue weighted by atomic mass is 10.1. The standard InChI is InChI=1S/C10H8BBrO2/c1-14-10(13)8-4-2-7(3-5-8)6-9(11)12/h2-6H,1H3/b9-6+. The van der Waals surface area contributed by atoms with Crippen molar-refractivity contribution in [2.75, 3.05) is 7.11 Å². The van der Waals surface area contributed by atoms with Crippen LogP contribution in [0.2, 0.25) is 0 Å². The van der Waals surface area contributed by atoms with Gasteiger partial charge in [-0.1, -0.05) is 38.5 Å². The Morgan fingerprint density at radius 1 is 1.43 bits per heavy atom. The summed E-state index contributed by atoms with van der Waals surface area (Å²) in [5.74, 6) is -0.340. The maximum Gasteiger partial charge on any atom is 0.337 e. The molecule has 0 N–H and O–H groups in total. The molecule has 14 heavy (non-hydrogen) atoms. The molecule has 0 saturated carbocycles. The van der Waals surface area contributed by atoms with Gasteiger partial charge in [-0.3, -0.25) is 0 Å². The SMILES string of the molecule is [B]/C(Br)=C\c1ccc(C(=O)OC)cc1. The summed E-state index contributed by atoms with van der Waals surface area (Å²) in [6.07, 6.45) is 1.75. The number of hydrogen-bond donors (Lipinski definition) is 0. The lowest BCUT2D eigenvalue weighted by molar-refractivity contribution is 0.0601. The molecule has 0 bridgehead atoms. The van der Waals surface area contributed by atoms with Crippen LogP contribution in [0.25, 0.3) is 6.08 Å². The first-order valence-electron chi connectivity index (χ1n) is 3.94. The van der Waals surface area contributed by atoms with Gasteiger partial charge in [0, 0.05) is 0 Å². The third-order valence-electron chi connectivity index (χ3n) is 1.64. The molecule has 2 nitrogen and oxygen atoms in total. The third-order valence-corrected chi connectivity index (χ3v) is 1.87. The smallest absolute Gasteiger partial charge is 0.337 e. The fraction of sp³-hybridized carbons (Fsp3) is 0.100. The molecule has 0 fully saturated rings. The number of carbonyl (C=O) groups excluding carboxylic acids is 1. The van der Waals surface area contributed by atoms with Crippen molar-refractivity contribution in [1.82, 2.24) is 0 Å². The summed E-state index contributed by atoms with van der Waals surface area (Å²) in [6, 6.07) is 6.96. The molecule has 1 aromatic rings. The van der Waals surface area contributed by atoms with Crippen LogP contribution in [0.1, 0.15) is 15.9 Å². The van der Waals surface area contributed by atoms with Crippen molar-refractivity contribution >= 4 is 35.8 Å². The van der Waals surface area contributed by atoms with E-state index in [4.69, 9.17) is 7.85 Å². The van der Waals surface area contributed by atoms with Crippen LogP contribution in [-0.4, -0.2) is 20.9 Å². The fourth-order valence-electron chi connectivity index (χ4n) is 0.992. The van der Waals surface area contributed by atoms with Crippen LogP contribution in [0.5, 0.6) is 0 Å². The summed E-state index contributed by atoms with van der Waals surface area (Å²) >= 11 is 3.12. The second-order valence-electron chi connectivity index (χ2n) is 2.64. The van der Waals surface area contributed by atoms with E-state index in [0.717, 1.165) is 5.56 Å². The number of hydrogen-bond acceptors (Lipinski definition) is 2. The predicted molar refractivity (Wildman–Crippen MR) is 60.4 cm³/mol. The van der Waals surface area contributed by atoms with Crippen molar-refractivity contribution in [3.8, 4) is 0 Å². The molecule has 0 saturated heterocycles. The van der Waals surface area contributed by atoms with Crippen molar-refractivity contribution in [2.24, 2.45) is 0 Å². The van der Waals surface area contributed by atoms with Crippen molar-refractivity contribution in [3.63, 3.8) is 0 Å². The topological polar surface area (TPSA) is 26.3 Å². The molecule has 0 aromatic heterocycles. The van der Waals surface area contributed by atoms with Gasteiger partial charge in [0.2, 0.25) is 0 Å². The number of esters is 1. The molecule has 0 aliphatic carbocycles. The van der Waals surface area contributed by atoms with Crippen molar-refractivity contribution in [3.05, 3.63) is 39.8 Å². The molecule has 0 aliphatic rings. The van der Waals surface area contributed by atoms with Crippen LogP contribution in [0.4, 0.5) is 0 Å². The second-order valence-corrected chi connectivity index (χ2v) is 3.56. The van der Waals surface area contributed by atoms with Crippen LogP contribution in [0.3, 0.4) is 0 Å². The van der Waals surface area contributed by atoms with Gasteiger partial charge in [-0.15, -0.1) is 0 Å². The first-order valence-corrected chi connectivity index (χ1v) is 4.74. The Bertz CT molecular complexity index is 353. The minimum atomic E-state index is -0.340. The van der Waals surface area contributed by atoms with Gasteiger partial charge in [-0.2, -0.15) is 0 Å². The zero-order valence-corrected chi connectivity index (χ0v) is 9.24. The number of methoxy groups -OCH3 is 1. The van der Waals surface area contributed by atoms with Gasteiger partial charge in [0.25, 0.3) is 0 Å². The first kappa shape index (κ1) is 11.1. The van der Waals surface area contributed by atoms with E-state index in [1.807, 2.05) is 0 Å². The summed E-state index contributed by atoms with van der Waals surface area (Å²) in [5.41, 5.74) is 1.45. The zero-order valence-electron chi connectivity index (χ0n) is 7.66. The average Bonchev–Trinajstić information content (AvgIpc) is 2.17. The van der Waals surface area contributed by atoms with Crippen molar-refractivity contribution in [2.45, 2.75) is 0 Å². The Morgan fingerprint density at radius 3 is 2.43 bits per heavy atom. The predicted octanol–water partition coefficient (Wildman–Crippen LogP) is 2.33. The Labute approximate surface area is 92.5 Å². The molecule has 4 heteroatoms. The Kier molecular flexibility index (Phi) is 3.95. The van der Waals surface area contributed by atoms with E-state index in [2.05, 4.69) is 20.7 Å². The monoisotopic (exact) mass is 250 g/mol. The van der Waals surface area contributed by atoms with Crippen molar-refractivity contribution in [1.29, 1.82) is 0 Å². The molecular weight excluding hydrogens is 243 g/mol. The summed E-state index contributed by atoms with van der Waals surface area (Å²) < 4.78 is 5.11. The second kappa shape index (κ2) is 5.01. The van der Waals surface area contributed by atoms with Gasteiger partial charge in [-0.25, -0.2) is 4.79 Å². The average molecular weight is 251 g/mol. The minimum Gasteiger partial charge on any atom is -0.465 e. The van der Waals surface area contributed by atoms with Gasteiger partial charge in [0.15, 0.2) is 0 Å². The highest BCUT2D eigenvalue weighted by atomic mass is 79.9. The molecule has 2 radical (unpaired) electrons. The summed E-state index contributed by atoms with van der Waals surface area (Å²) in [4.78, 5) is 11.1.